The molecule has 1 unspecified atom stereocenters. The SMILES string of the molecule is C=CCNC(=O)C(C)(C)C(=O)N(CC)C1CCS(=O)(=O)C1. The van der Waals surface area contributed by atoms with E-state index < -0.39 is 15.3 Å². The number of sulfone groups is 1. The van der Waals surface area contributed by atoms with Gasteiger partial charge >= 0.3 is 0 Å². The van der Waals surface area contributed by atoms with Gasteiger partial charge in [-0.3, -0.25) is 9.59 Å². The summed E-state index contributed by atoms with van der Waals surface area (Å²) in [5.41, 5.74) is -1.23. The molecule has 6 nitrogen and oxygen atoms in total. The first-order valence-corrected chi connectivity index (χ1v) is 8.88. The van der Waals surface area contributed by atoms with Gasteiger partial charge in [-0.05, 0) is 27.2 Å². The number of hydrogen-bond acceptors (Lipinski definition) is 4. The zero-order chi connectivity index (χ0) is 16.3. The molecule has 0 aliphatic carbocycles. The second kappa shape index (κ2) is 6.60. The Labute approximate surface area is 126 Å². The molecule has 1 fully saturated rings. The predicted octanol–water partition coefficient (Wildman–Crippen LogP) is 0.350. The van der Waals surface area contributed by atoms with Gasteiger partial charge in [0, 0.05) is 19.1 Å². The first-order valence-electron chi connectivity index (χ1n) is 7.06. The smallest absolute Gasteiger partial charge is 0.237 e. The van der Waals surface area contributed by atoms with Crippen molar-refractivity contribution in [2.75, 3.05) is 24.6 Å². The van der Waals surface area contributed by atoms with Gasteiger partial charge in [-0.1, -0.05) is 6.08 Å². The van der Waals surface area contributed by atoms with Gasteiger partial charge in [-0.25, -0.2) is 8.42 Å². The van der Waals surface area contributed by atoms with Crippen LogP contribution in [0.5, 0.6) is 0 Å². The van der Waals surface area contributed by atoms with Crippen LogP contribution < -0.4 is 5.32 Å². The van der Waals surface area contributed by atoms with Crippen molar-refractivity contribution in [2.45, 2.75) is 33.2 Å². The average molecular weight is 316 g/mol. The van der Waals surface area contributed by atoms with Crippen molar-refractivity contribution in [3.05, 3.63) is 12.7 Å². The van der Waals surface area contributed by atoms with Crippen LogP contribution in [0.25, 0.3) is 0 Å². The highest BCUT2D eigenvalue weighted by atomic mass is 32.2. The fourth-order valence-corrected chi connectivity index (χ4v) is 4.16. The van der Waals surface area contributed by atoms with Crippen molar-refractivity contribution >= 4 is 21.7 Å². The molecule has 0 radical (unpaired) electrons. The van der Waals surface area contributed by atoms with Gasteiger partial charge in [0.1, 0.15) is 5.41 Å². The van der Waals surface area contributed by atoms with Crippen LogP contribution in [0.3, 0.4) is 0 Å². The molecule has 1 saturated heterocycles. The lowest BCUT2D eigenvalue weighted by Crippen LogP contribution is -2.52. The van der Waals surface area contributed by atoms with Gasteiger partial charge < -0.3 is 10.2 Å². The first-order chi connectivity index (χ1) is 9.65. The van der Waals surface area contributed by atoms with Crippen molar-refractivity contribution in [3.63, 3.8) is 0 Å². The van der Waals surface area contributed by atoms with Gasteiger partial charge in [0.15, 0.2) is 9.84 Å². The van der Waals surface area contributed by atoms with Crippen LogP contribution in [-0.2, 0) is 19.4 Å². The van der Waals surface area contributed by atoms with E-state index in [0.717, 1.165) is 0 Å². The number of nitrogens with zero attached hydrogens (tertiary/aromatic N) is 1. The summed E-state index contributed by atoms with van der Waals surface area (Å²) in [5, 5.41) is 2.62. The van der Waals surface area contributed by atoms with Gasteiger partial charge in [0.2, 0.25) is 11.8 Å². The maximum absolute atomic E-state index is 12.6. The lowest BCUT2D eigenvalue weighted by atomic mass is 9.89. The standard InChI is InChI=1S/C14H24N2O4S/c1-5-8-15-12(17)14(3,4)13(18)16(6-2)11-7-9-21(19,20)10-11/h5,11H,1,6-10H2,2-4H3,(H,15,17). The molecule has 0 bridgehead atoms. The molecule has 1 aliphatic rings. The van der Waals surface area contributed by atoms with Crippen LogP contribution in [0, 0.1) is 5.41 Å². The van der Waals surface area contributed by atoms with Crippen molar-refractivity contribution in [1.29, 1.82) is 0 Å². The molecule has 2 amide bonds. The van der Waals surface area contributed by atoms with E-state index in [-0.39, 0.29) is 29.4 Å². The topological polar surface area (TPSA) is 83.6 Å². The van der Waals surface area contributed by atoms with Gasteiger partial charge in [-0.15, -0.1) is 6.58 Å². The lowest BCUT2D eigenvalue weighted by Gasteiger charge is -2.33. The molecule has 0 spiro atoms. The Hall–Kier alpha value is -1.37. The molecular weight excluding hydrogens is 292 g/mol. The first kappa shape index (κ1) is 17.7. The van der Waals surface area contributed by atoms with E-state index in [0.29, 0.717) is 19.5 Å². The molecule has 7 heteroatoms. The molecule has 1 heterocycles. The van der Waals surface area contributed by atoms with E-state index in [9.17, 15) is 18.0 Å². The normalized spacial score (nSPS) is 20.8. The van der Waals surface area contributed by atoms with Crippen LogP contribution >= 0.6 is 0 Å². The summed E-state index contributed by atoms with van der Waals surface area (Å²) in [6.07, 6.45) is 1.98. The Balaban J connectivity index is 2.87. The van der Waals surface area contributed by atoms with Crippen molar-refractivity contribution < 1.29 is 18.0 Å². The Bertz CT molecular complexity index is 525. The molecule has 0 aromatic rings. The number of hydrogen-bond donors (Lipinski definition) is 1. The lowest BCUT2D eigenvalue weighted by molar-refractivity contribution is -0.149. The summed E-state index contributed by atoms with van der Waals surface area (Å²) in [4.78, 5) is 26.3. The van der Waals surface area contributed by atoms with Gasteiger partial charge in [-0.2, -0.15) is 0 Å². The minimum atomic E-state index is -3.07. The summed E-state index contributed by atoms with van der Waals surface area (Å²) in [7, 11) is -3.07. The van der Waals surface area contributed by atoms with E-state index in [4.69, 9.17) is 0 Å². The van der Waals surface area contributed by atoms with E-state index in [1.54, 1.807) is 26.8 Å². The Morgan fingerprint density at radius 1 is 1.43 bits per heavy atom. The summed E-state index contributed by atoms with van der Waals surface area (Å²) < 4.78 is 23.2. The van der Waals surface area contributed by atoms with E-state index in [2.05, 4.69) is 11.9 Å². The zero-order valence-corrected chi connectivity index (χ0v) is 13.7. The zero-order valence-electron chi connectivity index (χ0n) is 12.9. The Morgan fingerprint density at radius 2 is 2.05 bits per heavy atom. The van der Waals surface area contributed by atoms with Gasteiger partial charge in [0.05, 0.1) is 11.5 Å². The predicted molar refractivity (Wildman–Crippen MR) is 81.4 cm³/mol. The Kier molecular flexibility index (Phi) is 5.55. The molecule has 1 aliphatic heterocycles. The summed E-state index contributed by atoms with van der Waals surface area (Å²) >= 11 is 0. The molecule has 0 aromatic heterocycles. The maximum Gasteiger partial charge on any atom is 0.237 e. The molecular formula is C14H24N2O4S. The number of amides is 2. The van der Waals surface area contributed by atoms with Crippen LogP contribution in [0.2, 0.25) is 0 Å². The van der Waals surface area contributed by atoms with E-state index in [1.807, 2.05) is 0 Å². The third kappa shape index (κ3) is 4.06. The molecule has 0 saturated carbocycles. The number of nitrogens with one attached hydrogen (secondary N) is 1. The molecule has 1 N–H and O–H groups in total. The fourth-order valence-electron chi connectivity index (χ4n) is 2.43. The second-order valence-corrected chi connectivity index (χ2v) is 8.00. The quantitative estimate of drug-likeness (QED) is 0.566. The molecule has 120 valence electrons. The van der Waals surface area contributed by atoms with Crippen LogP contribution in [0.4, 0.5) is 0 Å². The highest BCUT2D eigenvalue weighted by Gasteiger charge is 2.43. The third-order valence-electron chi connectivity index (χ3n) is 3.76. The highest BCUT2D eigenvalue weighted by Crippen LogP contribution is 2.25. The molecule has 1 atom stereocenters. The second-order valence-electron chi connectivity index (χ2n) is 5.77. The summed E-state index contributed by atoms with van der Waals surface area (Å²) in [6.45, 7) is 9.09. The van der Waals surface area contributed by atoms with Gasteiger partial charge in [0.25, 0.3) is 0 Å². The Morgan fingerprint density at radius 3 is 2.48 bits per heavy atom. The third-order valence-corrected chi connectivity index (χ3v) is 5.51. The largest absolute Gasteiger partial charge is 0.352 e. The number of rotatable bonds is 6. The van der Waals surface area contributed by atoms with Crippen molar-refractivity contribution in [3.8, 4) is 0 Å². The maximum atomic E-state index is 12.6. The van der Waals surface area contributed by atoms with Crippen LogP contribution in [-0.4, -0.2) is 55.8 Å². The summed E-state index contributed by atoms with van der Waals surface area (Å²) in [6, 6.07) is -0.334. The highest BCUT2D eigenvalue weighted by molar-refractivity contribution is 7.91. The van der Waals surface area contributed by atoms with Crippen molar-refractivity contribution in [1.82, 2.24) is 10.2 Å². The number of carbonyl (C=O) groups excluding carboxylic acids is 2. The average Bonchev–Trinajstić information content (AvgIpc) is 2.76. The monoisotopic (exact) mass is 316 g/mol. The fraction of sp³-hybridized carbons (Fsp3) is 0.714. The minimum Gasteiger partial charge on any atom is -0.352 e. The van der Waals surface area contributed by atoms with Crippen LogP contribution in [0.1, 0.15) is 27.2 Å². The number of carbonyl (C=O) groups is 2. The van der Waals surface area contributed by atoms with Crippen molar-refractivity contribution in [2.24, 2.45) is 5.41 Å². The summed E-state index contributed by atoms with van der Waals surface area (Å²) in [5.74, 6) is -0.637. The van der Waals surface area contributed by atoms with E-state index >= 15 is 0 Å². The minimum absolute atomic E-state index is 0.0169. The molecule has 1 rings (SSSR count). The van der Waals surface area contributed by atoms with E-state index in [1.165, 1.54) is 4.90 Å². The molecule has 21 heavy (non-hydrogen) atoms. The van der Waals surface area contributed by atoms with Crippen LogP contribution in [0.15, 0.2) is 12.7 Å². The molecule has 0 aromatic carbocycles.